The van der Waals surface area contributed by atoms with Crippen LogP contribution in [-0.4, -0.2) is 22.2 Å². The molecule has 0 amide bonds. The number of aryl methyl sites for hydroxylation is 2. The zero-order valence-electron chi connectivity index (χ0n) is 13.6. The molecule has 4 nitrogen and oxygen atoms in total. The van der Waals surface area contributed by atoms with Crippen LogP contribution in [0.15, 0.2) is 35.7 Å². The molecule has 0 atom stereocenters. The lowest BCUT2D eigenvalue weighted by atomic mass is 10.0. The van der Waals surface area contributed by atoms with E-state index in [1.807, 2.05) is 13.1 Å². The van der Waals surface area contributed by atoms with Gasteiger partial charge in [0.05, 0.1) is 11.4 Å². The fourth-order valence-corrected chi connectivity index (χ4v) is 2.47. The normalized spacial score (nSPS) is 11.7. The molecule has 0 spiro atoms. The van der Waals surface area contributed by atoms with Crippen molar-refractivity contribution >= 4 is 11.4 Å². The molecular weight excluding hydrogens is 272 g/mol. The second-order valence-corrected chi connectivity index (χ2v) is 5.49. The van der Waals surface area contributed by atoms with Crippen molar-refractivity contribution in [1.29, 1.82) is 0 Å². The Balaban J connectivity index is 2.40. The van der Waals surface area contributed by atoms with Crippen LogP contribution >= 0.6 is 0 Å². The summed E-state index contributed by atoms with van der Waals surface area (Å²) >= 11 is 0. The molecule has 1 heterocycles. The number of nitrogens with zero attached hydrogens (tertiary/aromatic N) is 3. The minimum absolute atomic E-state index is 0.670. The zero-order chi connectivity index (χ0) is 15.9. The molecule has 0 aliphatic carbocycles. The van der Waals surface area contributed by atoms with Crippen molar-refractivity contribution in [1.82, 2.24) is 9.97 Å². The molecule has 4 heteroatoms. The quantitative estimate of drug-likeness (QED) is 0.830. The molecule has 0 aliphatic rings. The smallest absolute Gasteiger partial charge is 0.115 e. The number of rotatable bonds is 6. The van der Waals surface area contributed by atoms with Crippen molar-refractivity contribution in [3.63, 3.8) is 0 Å². The van der Waals surface area contributed by atoms with Gasteiger partial charge in [-0.05, 0) is 50.4 Å². The van der Waals surface area contributed by atoms with E-state index in [9.17, 15) is 0 Å². The van der Waals surface area contributed by atoms with Crippen molar-refractivity contribution in [3.05, 3.63) is 53.1 Å². The first kappa shape index (κ1) is 16.3. The second kappa shape index (κ2) is 7.80. The molecule has 0 fully saturated rings. The Kier molecular flexibility index (Phi) is 5.78. The van der Waals surface area contributed by atoms with Crippen LogP contribution in [0.4, 0.5) is 5.69 Å². The number of hydrogen-bond acceptors (Lipinski definition) is 4. The van der Waals surface area contributed by atoms with Crippen LogP contribution in [0, 0.1) is 13.8 Å². The number of nitrogens with two attached hydrogens (primary N) is 1. The first-order chi connectivity index (χ1) is 10.7. The van der Waals surface area contributed by atoms with Gasteiger partial charge in [-0.3, -0.25) is 4.99 Å². The Morgan fingerprint density at radius 1 is 1.27 bits per heavy atom. The molecule has 0 saturated heterocycles. The highest BCUT2D eigenvalue weighted by molar-refractivity contribution is 6.02. The minimum atomic E-state index is 0.670. The van der Waals surface area contributed by atoms with E-state index in [4.69, 9.17) is 10.7 Å². The zero-order valence-corrected chi connectivity index (χ0v) is 13.6. The fourth-order valence-electron chi connectivity index (χ4n) is 2.47. The van der Waals surface area contributed by atoms with Crippen LogP contribution in [0.25, 0.3) is 0 Å². The van der Waals surface area contributed by atoms with E-state index in [1.165, 1.54) is 11.1 Å². The lowest BCUT2D eigenvalue weighted by molar-refractivity contribution is 0.965. The number of aromatic nitrogens is 2. The van der Waals surface area contributed by atoms with Gasteiger partial charge in [0.25, 0.3) is 0 Å². The molecule has 1 aromatic heterocycles. The standard InChI is InChI=1S/C18H24N4/c1-4-5-18(16-11-20-12-21-14(16)3)22-17-7-6-15(8-9-19)10-13(17)2/h6-7,10-12H,4-5,8-9,19H2,1-3H3. The Morgan fingerprint density at radius 2 is 2.09 bits per heavy atom. The highest BCUT2D eigenvalue weighted by Gasteiger charge is 2.09. The lowest BCUT2D eigenvalue weighted by Crippen LogP contribution is -2.05. The molecule has 2 aromatic rings. The summed E-state index contributed by atoms with van der Waals surface area (Å²) in [6.07, 6.45) is 6.29. The predicted octanol–water partition coefficient (Wildman–Crippen LogP) is 3.52. The summed E-state index contributed by atoms with van der Waals surface area (Å²) in [4.78, 5) is 13.3. The molecule has 1 aromatic carbocycles. The van der Waals surface area contributed by atoms with Crippen LogP contribution in [-0.2, 0) is 6.42 Å². The largest absolute Gasteiger partial charge is 0.330 e. The highest BCUT2D eigenvalue weighted by atomic mass is 14.8. The Labute approximate surface area is 132 Å². The second-order valence-electron chi connectivity index (χ2n) is 5.49. The minimum Gasteiger partial charge on any atom is -0.330 e. The van der Waals surface area contributed by atoms with E-state index in [2.05, 4.69) is 42.0 Å². The molecule has 116 valence electrons. The first-order valence-corrected chi connectivity index (χ1v) is 7.79. The fraction of sp³-hybridized carbons (Fsp3) is 0.389. The molecule has 0 bridgehead atoms. The molecule has 0 radical (unpaired) electrons. The Hall–Kier alpha value is -2.07. The maximum Gasteiger partial charge on any atom is 0.115 e. The predicted molar refractivity (Wildman–Crippen MR) is 91.8 cm³/mol. The van der Waals surface area contributed by atoms with Crippen molar-refractivity contribution in [2.75, 3.05) is 6.54 Å². The molecule has 0 saturated carbocycles. The number of aliphatic imine (C=N–C) groups is 1. The van der Waals surface area contributed by atoms with Gasteiger partial charge in [-0.25, -0.2) is 9.97 Å². The van der Waals surface area contributed by atoms with E-state index in [0.717, 1.165) is 41.9 Å². The van der Waals surface area contributed by atoms with E-state index in [-0.39, 0.29) is 0 Å². The van der Waals surface area contributed by atoms with Crippen LogP contribution in [0.1, 0.15) is 42.1 Å². The summed E-state index contributed by atoms with van der Waals surface area (Å²) in [5.41, 5.74) is 12.1. The first-order valence-electron chi connectivity index (χ1n) is 7.79. The summed E-state index contributed by atoms with van der Waals surface area (Å²) in [6, 6.07) is 6.36. The number of benzene rings is 1. The summed E-state index contributed by atoms with van der Waals surface area (Å²) in [7, 11) is 0. The van der Waals surface area contributed by atoms with Crippen LogP contribution in [0.5, 0.6) is 0 Å². The molecular formula is C18H24N4. The van der Waals surface area contributed by atoms with Crippen molar-refractivity contribution in [3.8, 4) is 0 Å². The molecule has 2 rings (SSSR count). The van der Waals surface area contributed by atoms with E-state index in [1.54, 1.807) is 6.33 Å². The topological polar surface area (TPSA) is 64.2 Å². The monoisotopic (exact) mass is 296 g/mol. The maximum absolute atomic E-state index is 5.62. The Morgan fingerprint density at radius 3 is 2.73 bits per heavy atom. The number of hydrogen-bond donors (Lipinski definition) is 1. The van der Waals surface area contributed by atoms with Gasteiger partial charge in [0.1, 0.15) is 6.33 Å². The summed E-state index contributed by atoms with van der Waals surface area (Å²) in [5.74, 6) is 0. The van der Waals surface area contributed by atoms with Crippen LogP contribution < -0.4 is 5.73 Å². The van der Waals surface area contributed by atoms with Gasteiger partial charge in [0.15, 0.2) is 0 Å². The molecule has 2 N–H and O–H groups in total. The van der Waals surface area contributed by atoms with E-state index < -0.39 is 0 Å². The third-order valence-corrected chi connectivity index (χ3v) is 3.66. The van der Waals surface area contributed by atoms with Crippen molar-refractivity contribution in [2.45, 2.75) is 40.0 Å². The molecule has 0 unspecified atom stereocenters. The Bertz CT molecular complexity index is 662. The summed E-state index contributed by atoms with van der Waals surface area (Å²) < 4.78 is 0. The molecule has 0 aliphatic heterocycles. The van der Waals surface area contributed by atoms with Crippen molar-refractivity contribution in [2.24, 2.45) is 10.7 Å². The average Bonchev–Trinajstić information content (AvgIpc) is 2.50. The third kappa shape index (κ3) is 3.98. The van der Waals surface area contributed by atoms with Gasteiger partial charge in [-0.1, -0.05) is 25.5 Å². The van der Waals surface area contributed by atoms with Crippen LogP contribution in [0.3, 0.4) is 0 Å². The van der Waals surface area contributed by atoms with Gasteiger partial charge in [-0.15, -0.1) is 0 Å². The van der Waals surface area contributed by atoms with Gasteiger partial charge in [0.2, 0.25) is 0 Å². The maximum atomic E-state index is 5.62. The van der Waals surface area contributed by atoms with Crippen LogP contribution in [0.2, 0.25) is 0 Å². The SMILES string of the molecule is CCCC(=Nc1ccc(CCN)cc1C)c1cncnc1C. The highest BCUT2D eigenvalue weighted by Crippen LogP contribution is 2.23. The lowest BCUT2D eigenvalue weighted by Gasteiger charge is -2.10. The van der Waals surface area contributed by atoms with Gasteiger partial charge >= 0.3 is 0 Å². The van der Waals surface area contributed by atoms with Gasteiger partial charge in [-0.2, -0.15) is 0 Å². The summed E-state index contributed by atoms with van der Waals surface area (Å²) in [6.45, 7) is 6.92. The van der Waals surface area contributed by atoms with Gasteiger partial charge < -0.3 is 5.73 Å². The third-order valence-electron chi connectivity index (χ3n) is 3.66. The van der Waals surface area contributed by atoms with Crippen molar-refractivity contribution < 1.29 is 0 Å². The van der Waals surface area contributed by atoms with Gasteiger partial charge in [0, 0.05) is 17.5 Å². The van der Waals surface area contributed by atoms with E-state index in [0.29, 0.717) is 6.54 Å². The van der Waals surface area contributed by atoms with E-state index >= 15 is 0 Å². The summed E-state index contributed by atoms with van der Waals surface area (Å²) in [5, 5.41) is 0. The average molecular weight is 296 g/mol. The molecule has 22 heavy (non-hydrogen) atoms.